The molecule has 248 valence electrons. The molecular formula is C45H56HfSi2. The predicted octanol–water partition coefficient (Wildman–Crippen LogP) is 12.6. The molecule has 3 heteroatoms. The van der Waals surface area contributed by atoms with Gasteiger partial charge in [-0.3, -0.25) is 0 Å². The molecule has 0 saturated carbocycles. The number of rotatable bonds is 10. The Hall–Kier alpha value is -2.60. The van der Waals surface area contributed by atoms with Crippen molar-refractivity contribution < 1.29 is 25.8 Å². The van der Waals surface area contributed by atoms with Gasteiger partial charge in [-0.1, -0.05) is 148 Å². The summed E-state index contributed by atoms with van der Waals surface area (Å²) < 4.78 is 0. The Morgan fingerprint density at radius 1 is 0.521 bits per heavy atom. The average molecular weight is 832 g/mol. The van der Waals surface area contributed by atoms with Crippen LogP contribution in [-0.4, -0.2) is 16.1 Å². The largest absolute Gasteiger partial charge is 4.00 e. The van der Waals surface area contributed by atoms with E-state index in [2.05, 4.69) is 162 Å². The fraction of sp³-hybridized carbons (Fsp3) is 0.289. The molecule has 0 N–H and O–H groups in total. The van der Waals surface area contributed by atoms with Gasteiger partial charge in [-0.15, -0.1) is 69.1 Å². The second-order valence-corrected chi connectivity index (χ2v) is 25.5. The van der Waals surface area contributed by atoms with Crippen LogP contribution in [0.15, 0.2) is 109 Å². The average Bonchev–Trinajstić information content (AvgIpc) is 3.65. The van der Waals surface area contributed by atoms with Crippen molar-refractivity contribution in [1.29, 1.82) is 0 Å². The van der Waals surface area contributed by atoms with E-state index in [1.165, 1.54) is 65.3 Å². The van der Waals surface area contributed by atoms with Gasteiger partial charge in [-0.2, -0.15) is 12.1 Å². The minimum absolute atomic E-state index is 0. The summed E-state index contributed by atoms with van der Waals surface area (Å²) >= 11 is 0. The Morgan fingerprint density at radius 3 is 1.19 bits per heavy atom. The molecular weight excluding hydrogens is 775 g/mol. The molecule has 0 amide bonds. The quantitative estimate of drug-likeness (QED) is 0.0953. The SMILES string of the molecule is CCCC(CCC)(c1cc2c(-c3ccc([Si](C)(C)C)cc3)cccc2[cH-]1)c1cc2c(-c3ccc([Si](C)(C)C)cc3)cccc2[cH-]1.[CH3-].[CH3-].[Hf+4]. The van der Waals surface area contributed by atoms with E-state index in [0.29, 0.717) is 0 Å². The van der Waals surface area contributed by atoms with Gasteiger partial charge >= 0.3 is 25.8 Å². The van der Waals surface area contributed by atoms with Gasteiger partial charge in [0, 0.05) is 0 Å². The van der Waals surface area contributed by atoms with Crippen molar-refractivity contribution in [2.45, 2.75) is 84.2 Å². The van der Waals surface area contributed by atoms with Crippen LogP contribution in [0.25, 0.3) is 43.8 Å². The van der Waals surface area contributed by atoms with Crippen molar-refractivity contribution in [1.82, 2.24) is 0 Å². The molecule has 0 aromatic heterocycles. The molecule has 0 atom stereocenters. The van der Waals surface area contributed by atoms with Crippen LogP contribution in [0.4, 0.5) is 0 Å². The van der Waals surface area contributed by atoms with Crippen LogP contribution in [0.3, 0.4) is 0 Å². The summed E-state index contributed by atoms with van der Waals surface area (Å²) in [5.41, 5.74) is 8.27. The minimum atomic E-state index is -1.34. The van der Waals surface area contributed by atoms with Gasteiger partial charge in [0.2, 0.25) is 0 Å². The summed E-state index contributed by atoms with van der Waals surface area (Å²) in [6, 6.07) is 42.7. The summed E-state index contributed by atoms with van der Waals surface area (Å²) in [6.07, 6.45) is 4.60. The van der Waals surface area contributed by atoms with E-state index in [9.17, 15) is 0 Å². The maximum absolute atomic E-state index is 2.54. The Balaban J connectivity index is 0.00000208. The van der Waals surface area contributed by atoms with Crippen molar-refractivity contribution in [2.24, 2.45) is 0 Å². The normalized spacial score (nSPS) is 12.0. The first-order chi connectivity index (χ1) is 21.4. The van der Waals surface area contributed by atoms with Crippen LogP contribution in [0.2, 0.25) is 39.3 Å². The molecule has 6 aromatic carbocycles. The Bertz CT molecular complexity index is 1780. The summed E-state index contributed by atoms with van der Waals surface area (Å²) in [6.45, 7) is 19.3. The Labute approximate surface area is 313 Å². The molecule has 0 unspecified atom stereocenters. The molecule has 0 radical (unpaired) electrons. The van der Waals surface area contributed by atoms with E-state index in [0.717, 1.165) is 25.7 Å². The maximum Gasteiger partial charge on any atom is 4.00 e. The molecule has 0 bridgehead atoms. The number of fused-ring (bicyclic) bond motifs is 2. The summed E-state index contributed by atoms with van der Waals surface area (Å²) in [5, 5.41) is 8.50. The van der Waals surface area contributed by atoms with Gasteiger partial charge in [0.1, 0.15) is 0 Å². The summed E-state index contributed by atoms with van der Waals surface area (Å²) in [7, 11) is -2.67. The van der Waals surface area contributed by atoms with E-state index >= 15 is 0 Å². The van der Waals surface area contributed by atoms with Gasteiger partial charge in [0.15, 0.2) is 0 Å². The topological polar surface area (TPSA) is 0 Å². The van der Waals surface area contributed by atoms with Gasteiger partial charge in [0.05, 0.1) is 16.1 Å². The third-order valence-corrected chi connectivity index (χ3v) is 14.2. The van der Waals surface area contributed by atoms with Gasteiger partial charge in [0.25, 0.3) is 0 Å². The fourth-order valence-electron chi connectivity index (χ4n) is 7.55. The number of hydrogen-bond donors (Lipinski definition) is 0. The van der Waals surface area contributed by atoms with Crippen LogP contribution >= 0.6 is 0 Å². The molecule has 6 aromatic rings. The van der Waals surface area contributed by atoms with Gasteiger partial charge < -0.3 is 14.9 Å². The molecule has 48 heavy (non-hydrogen) atoms. The molecule has 6 rings (SSSR count). The van der Waals surface area contributed by atoms with Crippen molar-refractivity contribution in [2.75, 3.05) is 0 Å². The fourth-order valence-corrected chi connectivity index (χ4v) is 9.88. The van der Waals surface area contributed by atoms with Crippen LogP contribution in [-0.2, 0) is 31.3 Å². The molecule has 0 nitrogen and oxygen atoms in total. The number of hydrogen-bond acceptors (Lipinski definition) is 0. The molecule has 0 saturated heterocycles. The second kappa shape index (κ2) is 15.5. The van der Waals surface area contributed by atoms with Gasteiger partial charge in [-0.25, -0.2) is 0 Å². The van der Waals surface area contributed by atoms with E-state index in [-0.39, 0.29) is 46.1 Å². The van der Waals surface area contributed by atoms with Crippen molar-refractivity contribution in [3.8, 4) is 22.3 Å². The molecule has 0 fully saturated rings. The predicted molar refractivity (Wildman–Crippen MR) is 219 cm³/mol. The van der Waals surface area contributed by atoms with E-state index in [1.807, 2.05) is 0 Å². The van der Waals surface area contributed by atoms with Crippen LogP contribution in [0.5, 0.6) is 0 Å². The van der Waals surface area contributed by atoms with Crippen LogP contribution in [0, 0.1) is 14.9 Å². The third-order valence-electron chi connectivity index (χ3n) is 10.1. The Morgan fingerprint density at radius 2 is 0.875 bits per heavy atom. The summed E-state index contributed by atoms with van der Waals surface area (Å²) in [4.78, 5) is 0. The van der Waals surface area contributed by atoms with Crippen molar-refractivity contribution in [3.05, 3.63) is 135 Å². The first-order valence-electron chi connectivity index (χ1n) is 17.1. The molecule has 0 aliphatic heterocycles. The number of benzene rings is 4. The van der Waals surface area contributed by atoms with Crippen LogP contribution < -0.4 is 10.4 Å². The van der Waals surface area contributed by atoms with E-state index in [4.69, 9.17) is 0 Å². The molecule has 0 aliphatic carbocycles. The maximum atomic E-state index is 2.54. The second-order valence-electron chi connectivity index (χ2n) is 15.3. The Kier molecular flexibility index (Phi) is 12.9. The molecule has 0 aliphatic rings. The van der Waals surface area contributed by atoms with Crippen LogP contribution in [0.1, 0.15) is 50.7 Å². The van der Waals surface area contributed by atoms with E-state index in [1.54, 1.807) is 0 Å². The molecule has 0 spiro atoms. The first-order valence-corrected chi connectivity index (χ1v) is 24.1. The smallest absolute Gasteiger partial charge is 0.358 e. The van der Waals surface area contributed by atoms with Crippen molar-refractivity contribution >= 4 is 48.1 Å². The zero-order valence-corrected chi connectivity index (χ0v) is 36.8. The third kappa shape index (κ3) is 7.59. The van der Waals surface area contributed by atoms with Crippen molar-refractivity contribution in [3.63, 3.8) is 0 Å². The van der Waals surface area contributed by atoms with E-state index < -0.39 is 16.1 Å². The van der Waals surface area contributed by atoms with Gasteiger partial charge in [-0.05, 0) is 29.4 Å². The standard InChI is InChI=1S/C43H50Si2.2CH3.Hf/c1-9-25-43(26-10-2,35-27-33-13-11-15-39(41(33)29-35)31-17-21-37(22-18-31)44(3,4)5)36-28-34-14-12-16-40(42(34)30-36)32-19-23-38(24-20-32)45(6,7)8;;;/h11-24,27-30H,9-10,25-26H2,1-8H3;2*1H3;/q-2;2*-1;+4. The molecule has 0 heterocycles. The zero-order valence-electron chi connectivity index (χ0n) is 31.2. The monoisotopic (exact) mass is 832 g/mol. The summed E-state index contributed by atoms with van der Waals surface area (Å²) in [5.74, 6) is 0. The first kappa shape index (κ1) is 39.8. The zero-order chi connectivity index (χ0) is 32.0. The minimum Gasteiger partial charge on any atom is -0.358 e.